The first kappa shape index (κ1) is 25.2. The zero-order valence-corrected chi connectivity index (χ0v) is 18.1. The van der Waals surface area contributed by atoms with E-state index >= 15 is 0 Å². The molecule has 0 radical (unpaired) electrons. The molecule has 0 aliphatic carbocycles. The van der Waals surface area contributed by atoms with Crippen molar-refractivity contribution in [1.82, 2.24) is 9.55 Å². The Bertz CT molecular complexity index is 950. The Balaban J connectivity index is 1.76. The number of carboxylic acid groups (broad SMARTS) is 1. The van der Waals surface area contributed by atoms with Gasteiger partial charge < -0.3 is 14.6 Å². The van der Waals surface area contributed by atoms with Crippen LogP contribution < -0.4 is 11.2 Å². The highest BCUT2D eigenvalue weighted by Crippen LogP contribution is 2.30. The Kier molecular flexibility index (Phi) is 9.96. The number of carbonyl (C=O) groups is 2. The van der Waals surface area contributed by atoms with E-state index in [1.807, 2.05) is 0 Å². The van der Waals surface area contributed by atoms with E-state index < -0.39 is 35.6 Å². The Morgan fingerprint density at radius 3 is 2.56 bits per heavy atom. The first-order valence-electron chi connectivity index (χ1n) is 10.7. The quantitative estimate of drug-likeness (QED) is 0.152. The maximum absolute atomic E-state index is 12.1. The van der Waals surface area contributed by atoms with E-state index in [1.54, 1.807) is 6.92 Å². The van der Waals surface area contributed by atoms with Gasteiger partial charge in [0.2, 0.25) is 0 Å². The molecule has 0 aromatic carbocycles. The van der Waals surface area contributed by atoms with Crippen LogP contribution in [0.25, 0.3) is 10.4 Å². The summed E-state index contributed by atoms with van der Waals surface area (Å²) in [7, 11) is 0. The molecule has 1 saturated heterocycles. The summed E-state index contributed by atoms with van der Waals surface area (Å²) < 4.78 is 12.3. The van der Waals surface area contributed by atoms with Gasteiger partial charge in [0.25, 0.3) is 5.56 Å². The maximum atomic E-state index is 12.1. The van der Waals surface area contributed by atoms with E-state index in [0.29, 0.717) is 18.4 Å². The molecule has 0 unspecified atom stereocenters. The second kappa shape index (κ2) is 12.7. The van der Waals surface area contributed by atoms with Gasteiger partial charge in [-0.25, -0.2) is 4.79 Å². The molecule has 1 aliphatic rings. The van der Waals surface area contributed by atoms with Crippen molar-refractivity contribution < 1.29 is 24.2 Å². The van der Waals surface area contributed by atoms with Crippen molar-refractivity contribution in [1.29, 1.82) is 0 Å². The Morgan fingerprint density at radius 1 is 1.25 bits per heavy atom. The van der Waals surface area contributed by atoms with Crippen molar-refractivity contribution in [2.75, 3.05) is 6.61 Å². The lowest BCUT2D eigenvalue weighted by atomic mass is 10.1. The minimum atomic E-state index is -0.783. The minimum Gasteiger partial charge on any atom is -0.481 e. The number of carboxylic acids is 1. The topological polar surface area (TPSA) is 176 Å². The predicted molar refractivity (Wildman–Crippen MR) is 113 cm³/mol. The fourth-order valence-electron chi connectivity index (χ4n) is 3.52. The Hall–Kier alpha value is -3.11. The second-order valence-electron chi connectivity index (χ2n) is 7.81. The molecule has 1 fully saturated rings. The van der Waals surface area contributed by atoms with E-state index in [9.17, 15) is 19.2 Å². The lowest BCUT2D eigenvalue weighted by molar-refractivity contribution is -0.148. The van der Waals surface area contributed by atoms with Crippen LogP contribution in [0.2, 0.25) is 0 Å². The highest BCUT2D eigenvalue weighted by atomic mass is 16.6. The van der Waals surface area contributed by atoms with Gasteiger partial charge in [0.05, 0.1) is 6.04 Å². The zero-order chi connectivity index (χ0) is 23.5. The number of hydrogen-bond donors (Lipinski definition) is 2. The molecular formula is C20H29N5O7. The standard InChI is InChI=1S/C20H29N5O7/c1-13-11-25(20(30)22-19(13)29)16-10-14(23-24-21)15(32-16)12-31-18(28)9-7-5-3-2-4-6-8-17(26)27/h11,14-16H,2-10,12H2,1H3,(H,26,27)(H,22,29,30)/t14-,15+,16+/m0/s1. The van der Waals surface area contributed by atoms with E-state index in [1.165, 1.54) is 10.8 Å². The van der Waals surface area contributed by atoms with Crippen LogP contribution in [-0.4, -0.2) is 45.3 Å². The van der Waals surface area contributed by atoms with E-state index in [0.717, 1.165) is 25.7 Å². The van der Waals surface area contributed by atoms with E-state index in [4.69, 9.17) is 20.1 Å². The number of H-pyrrole nitrogens is 1. The molecule has 0 amide bonds. The average molecular weight is 451 g/mol. The molecule has 1 aromatic rings. The van der Waals surface area contributed by atoms with Crippen LogP contribution in [0.3, 0.4) is 0 Å². The largest absolute Gasteiger partial charge is 0.481 e. The molecule has 2 rings (SSSR count). The molecule has 176 valence electrons. The van der Waals surface area contributed by atoms with Crippen molar-refractivity contribution in [3.8, 4) is 0 Å². The highest BCUT2D eigenvalue weighted by Gasteiger charge is 2.37. The van der Waals surface area contributed by atoms with Crippen LogP contribution >= 0.6 is 0 Å². The molecule has 32 heavy (non-hydrogen) atoms. The molecule has 12 heteroatoms. The SMILES string of the molecule is Cc1cn([C@H]2C[C@H](N=[N+]=[N-])[C@@H](COC(=O)CCCCCCCCC(=O)O)O2)c(=O)[nH]c1=O. The van der Waals surface area contributed by atoms with E-state index in [2.05, 4.69) is 15.0 Å². The summed E-state index contributed by atoms with van der Waals surface area (Å²) in [6.07, 6.45) is 5.45. The molecule has 2 N–H and O–H groups in total. The van der Waals surface area contributed by atoms with Crippen molar-refractivity contribution in [3.63, 3.8) is 0 Å². The molecule has 1 aliphatic heterocycles. The number of nitrogens with zero attached hydrogens (tertiary/aromatic N) is 4. The number of hydrogen-bond acceptors (Lipinski definition) is 7. The third kappa shape index (κ3) is 7.86. The summed E-state index contributed by atoms with van der Waals surface area (Å²) in [5.41, 5.74) is 8.03. The highest BCUT2D eigenvalue weighted by molar-refractivity contribution is 5.69. The number of aromatic amines is 1. The normalized spacial score (nSPS) is 20.0. The van der Waals surface area contributed by atoms with Gasteiger partial charge >= 0.3 is 17.6 Å². The first-order valence-corrected chi connectivity index (χ1v) is 10.7. The molecule has 0 bridgehead atoms. The molecule has 12 nitrogen and oxygen atoms in total. The van der Waals surface area contributed by atoms with Crippen molar-refractivity contribution in [3.05, 3.63) is 43.0 Å². The van der Waals surface area contributed by atoms with Crippen LogP contribution in [0.4, 0.5) is 0 Å². The van der Waals surface area contributed by atoms with Crippen molar-refractivity contribution in [2.45, 2.75) is 83.1 Å². The molecule has 2 heterocycles. The lowest BCUT2D eigenvalue weighted by Gasteiger charge is -2.16. The van der Waals surface area contributed by atoms with Gasteiger partial charge in [-0.1, -0.05) is 30.8 Å². The third-order valence-electron chi connectivity index (χ3n) is 5.29. The number of aliphatic carboxylic acids is 1. The first-order chi connectivity index (χ1) is 15.3. The van der Waals surface area contributed by atoms with Gasteiger partial charge in [-0.15, -0.1) is 0 Å². The Labute approximate surface area is 184 Å². The summed E-state index contributed by atoms with van der Waals surface area (Å²) in [5, 5.41) is 12.3. The molecule has 1 aromatic heterocycles. The number of ether oxygens (including phenoxy) is 2. The fraction of sp³-hybridized carbons (Fsp3) is 0.700. The number of azide groups is 1. The van der Waals surface area contributed by atoms with Gasteiger partial charge in [0, 0.05) is 35.9 Å². The smallest absolute Gasteiger partial charge is 0.330 e. The lowest BCUT2D eigenvalue weighted by Crippen LogP contribution is -2.33. The van der Waals surface area contributed by atoms with Crippen molar-refractivity contribution >= 4 is 11.9 Å². The molecule has 0 spiro atoms. The second-order valence-corrected chi connectivity index (χ2v) is 7.81. The van der Waals surface area contributed by atoms with Gasteiger partial charge in [-0.2, -0.15) is 0 Å². The maximum Gasteiger partial charge on any atom is 0.330 e. The number of aromatic nitrogens is 2. The molecule has 0 saturated carbocycles. The van der Waals surface area contributed by atoms with Crippen LogP contribution in [0.1, 0.15) is 69.6 Å². The Morgan fingerprint density at radius 2 is 1.91 bits per heavy atom. The number of unbranched alkanes of at least 4 members (excludes halogenated alkanes) is 5. The average Bonchev–Trinajstić information content (AvgIpc) is 3.13. The summed E-state index contributed by atoms with van der Waals surface area (Å²) in [4.78, 5) is 51.1. The summed E-state index contributed by atoms with van der Waals surface area (Å²) in [6, 6.07) is -0.622. The van der Waals surface area contributed by atoms with Gasteiger partial charge in [0.1, 0.15) is 18.9 Å². The van der Waals surface area contributed by atoms with Crippen molar-refractivity contribution in [2.24, 2.45) is 5.11 Å². The number of carbonyl (C=O) groups excluding carboxylic acids is 1. The van der Waals surface area contributed by atoms with Crippen LogP contribution in [0.5, 0.6) is 0 Å². The summed E-state index contributed by atoms with van der Waals surface area (Å²) in [6.45, 7) is 1.45. The monoisotopic (exact) mass is 451 g/mol. The van der Waals surface area contributed by atoms with Gasteiger partial charge in [-0.05, 0) is 25.3 Å². The van der Waals surface area contributed by atoms with Crippen LogP contribution in [0, 0.1) is 6.92 Å². The number of aryl methyl sites for hydroxylation is 1. The molecular weight excluding hydrogens is 422 g/mol. The fourth-order valence-corrected chi connectivity index (χ4v) is 3.52. The number of esters is 1. The summed E-state index contributed by atoms with van der Waals surface area (Å²) >= 11 is 0. The number of rotatable bonds is 13. The number of nitrogens with one attached hydrogen (secondary N) is 1. The minimum absolute atomic E-state index is 0.106. The predicted octanol–water partition coefficient (Wildman–Crippen LogP) is 2.56. The zero-order valence-electron chi connectivity index (χ0n) is 18.1. The third-order valence-corrected chi connectivity index (χ3v) is 5.29. The van der Waals surface area contributed by atoms with Gasteiger partial charge in [0.15, 0.2) is 0 Å². The summed E-state index contributed by atoms with van der Waals surface area (Å²) in [5.74, 6) is -1.17. The van der Waals surface area contributed by atoms with Gasteiger partial charge in [-0.3, -0.25) is 23.9 Å². The van der Waals surface area contributed by atoms with Crippen LogP contribution in [-0.2, 0) is 19.1 Å². The van der Waals surface area contributed by atoms with E-state index in [-0.39, 0.29) is 31.8 Å². The molecule has 3 atom stereocenters. The van der Waals surface area contributed by atoms with Crippen LogP contribution in [0.15, 0.2) is 20.9 Å².